The van der Waals surface area contributed by atoms with E-state index in [1.54, 1.807) is 13.8 Å². The summed E-state index contributed by atoms with van der Waals surface area (Å²) in [6, 6.07) is 0. The number of hydrogen-bond acceptors (Lipinski definition) is 1. The third kappa shape index (κ3) is 2.01. The lowest BCUT2D eigenvalue weighted by molar-refractivity contribution is -0.189. The summed E-state index contributed by atoms with van der Waals surface area (Å²) in [4.78, 5) is 11.3. The average Bonchev–Trinajstić information content (AvgIpc) is 2.08. The molecule has 0 saturated carbocycles. The SMILES string of the molecule is CCC1(C)CC(C(F)(F)F)CNC1=O. The van der Waals surface area contributed by atoms with Crippen molar-refractivity contribution < 1.29 is 18.0 Å². The molecule has 2 atom stereocenters. The summed E-state index contributed by atoms with van der Waals surface area (Å²) in [7, 11) is 0. The molecular formula is C9H14F3NO. The van der Waals surface area contributed by atoms with Gasteiger partial charge in [0.25, 0.3) is 0 Å². The van der Waals surface area contributed by atoms with Crippen LogP contribution in [-0.2, 0) is 4.79 Å². The highest BCUT2D eigenvalue weighted by Crippen LogP contribution is 2.40. The second-order valence-electron chi connectivity index (χ2n) is 4.07. The second kappa shape index (κ2) is 3.44. The molecule has 1 rings (SSSR count). The number of halogens is 3. The van der Waals surface area contributed by atoms with E-state index in [9.17, 15) is 18.0 Å². The molecule has 0 spiro atoms. The lowest BCUT2D eigenvalue weighted by atomic mass is 9.75. The summed E-state index contributed by atoms with van der Waals surface area (Å²) in [5.74, 6) is -1.66. The number of carbonyl (C=O) groups is 1. The van der Waals surface area contributed by atoms with Crippen LogP contribution in [0.25, 0.3) is 0 Å². The molecular weight excluding hydrogens is 195 g/mol. The summed E-state index contributed by atoms with van der Waals surface area (Å²) >= 11 is 0. The molecule has 2 unspecified atom stereocenters. The summed E-state index contributed by atoms with van der Waals surface area (Å²) in [6.07, 6.45) is -3.87. The number of hydrogen-bond donors (Lipinski definition) is 1. The fourth-order valence-corrected chi connectivity index (χ4v) is 1.67. The van der Waals surface area contributed by atoms with E-state index in [4.69, 9.17) is 0 Å². The molecule has 0 aliphatic carbocycles. The van der Waals surface area contributed by atoms with Crippen LogP contribution in [0.4, 0.5) is 13.2 Å². The molecule has 0 aromatic heterocycles. The van der Waals surface area contributed by atoms with Crippen molar-refractivity contribution in [3.05, 3.63) is 0 Å². The second-order valence-corrected chi connectivity index (χ2v) is 4.07. The summed E-state index contributed by atoms with van der Waals surface area (Å²) in [6.45, 7) is 3.04. The maximum atomic E-state index is 12.4. The minimum atomic E-state index is -4.20. The highest BCUT2D eigenvalue weighted by molar-refractivity contribution is 5.82. The average molecular weight is 209 g/mol. The maximum absolute atomic E-state index is 12.4. The van der Waals surface area contributed by atoms with Crippen molar-refractivity contribution in [2.45, 2.75) is 32.9 Å². The first kappa shape index (κ1) is 11.3. The van der Waals surface area contributed by atoms with Crippen molar-refractivity contribution in [3.8, 4) is 0 Å². The zero-order valence-electron chi connectivity index (χ0n) is 8.24. The standard InChI is InChI=1S/C9H14F3NO/c1-3-8(2)4-6(9(10,11)12)5-13-7(8)14/h6H,3-5H2,1-2H3,(H,13,14). The molecule has 1 fully saturated rings. The van der Waals surface area contributed by atoms with E-state index in [1.165, 1.54) is 0 Å². The van der Waals surface area contributed by atoms with Gasteiger partial charge in [-0.25, -0.2) is 0 Å². The van der Waals surface area contributed by atoms with Crippen LogP contribution in [0.1, 0.15) is 26.7 Å². The Balaban J connectivity index is 2.77. The molecule has 1 saturated heterocycles. The predicted molar refractivity (Wildman–Crippen MR) is 45.6 cm³/mol. The van der Waals surface area contributed by atoms with Gasteiger partial charge in [-0.05, 0) is 12.8 Å². The van der Waals surface area contributed by atoms with Crippen LogP contribution in [0, 0.1) is 11.3 Å². The minimum Gasteiger partial charge on any atom is -0.355 e. The van der Waals surface area contributed by atoms with Gasteiger partial charge in [-0.2, -0.15) is 13.2 Å². The van der Waals surface area contributed by atoms with Gasteiger partial charge >= 0.3 is 6.18 Å². The summed E-state index contributed by atoms with van der Waals surface area (Å²) in [5.41, 5.74) is -0.863. The normalized spacial score (nSPS) is 34.1. The van der Waals surface area contributed by atoms with Crippen LogP contribution in [0.3, 0.4) is 0 Å². The van der Waals surface area contributed by atoms with E-state index in [-0.39, 0.29) is 18.9 Å². The smallest absolute Gasteiger partial charge is 0.355 e. The number of nitrogens with one attached hydrogen (secondary N) is 1. The van der Waals surface area contributed by atoms with Gasteiger partial charge in [0.05, 0.1) is 5.92 Å². The Morgan fingerprint density at radius 1 is 1.57 bits per heavy atom. The Morgan fingerprint density at radius 3 is 2.57 bits per heavy atom. The van der Waals surface area contributed by atoms with E-state index >= 15 is 0 Å². The van der Waals surface area contributed by atoms with Crippen molar-refractivity contribution in [1.29, 1.82) is 0 Å². The zero-order chi connectivity index (χ0) is 11.0. The third-order valence-corrected chi connectivity index (χ3v) is 3.00. The number of alkyl halides is 3. The molecule has 1 aliphatic rings. The van der Waals surface area contributed by atoms with Crippen molar-refractivity contribution in [3.63, 3.8) is 0 Å². The number of carbonyl (C=O) groups excluding carboxylic acids is 1. The molecule has 0 bridgehead atoms. The quantitative estimate of drug-likeness (QED) is 0.704. The van der Waals surface area contributed by atoms with Gasteiger partial charge in [0, 0.05) is 12.0 Å². The first-order chi connectivity index (χ1) is 6.29. The molecule has 1 heterocycles. The summed E-state index contributed by atoms with van der Waals surface area (Å²) < 4.78 is 37.2. The van der Waals surface area contributed by atoms with Gasteiger partial charge in [0.2, 0.25) is 5.91 Å². The van der Waals surface area contributed by atoms with Crippen LogP contribution in [0.5, 0.6) is 0 Å². The Labute approximate surface area is 80.9 Å². The molecule has 0 radical (unpaired) electrons. The molecule has 82 valence electrons. The van der Waals surface area contributed by atoms with Gasteiger partial charge < -0.3 is 5.32 Å². The Hall–Kier alpha value is -0.740. The Kier molecular flexibility index (Phi) is 2.78. The van der Waals surface area contributed by atoms with E-state index in [0.717, 1.165) is 0 Å². The third-order valence-electron chi connectivity index (χ3n) is 3.00. The largest absolute Gasteiger partial charge is 0.393 e. The van der Waals surface area contributed by atoms with E-state index < -0.39 is 17.5 Å². The maximum Gasteiger partial charge on any atom is 0.393 e. The first-order valence-corrected chi connectivity index (χ1v) is 4.64. The van der Waals surface area contributed by atoms with Crippen LogP contribution in [0.15, 0.2) is 0 Å². The molecule has 0 aromatic rings. The molecule has 1 N–H and O–H groups in total. The predicted octanol–water partition coefficient (Wildman–Crippen LogP) is 2.10. The van der Waals surface area contributed by atoms with Gasteiger partial charge in [-0.1, -0.05) is 13.8 Å². The molecule has 5 heteroatoms. The topological polar surface area (TPSA) is 29.1 Å². The van der Waals surface area contributed by atoms with Gasteiger partial charge in [0.15, 0.2) is 0 Å². The minimum absolute atomic E-state index is 0.0984. The van der Waals surface area contributed by atoms with E-state index in [2.05, 4.69) is 5.32 Å². The lowest BCUT2D eigenvalue weighted by Gasteiger charge is -2.37. The number of rotatable bonds is 1. The van der Waals surface area contributed by atoms with Crippen molar-refractivity contribution >= 4 is 5.91 Å². The van der Waals surface area contributed by atoms with Crippen molar-refractivity contribution in [2.24, 2.45) is 11.3 Å². The van der Waals surface area contributed by atoms with Crippen molar-refractivity contribution in [1.82, 2.24) is 5.32 Å². The van der Waals surface area contributed by atoms with Gasteiger partial charge in [0.1, 0.15) is 0 Å². The van der Waals surface area contributed by atoms with Crippen molar-refractivity contribution in [2.75, 3.05) is 6.54 Å². The van der Waals surface area contributed by atoms with E-state index in [0.29, 0.717) is 6.42 Å². The number of amides is 1. The summed E-state index contributed by atoms with van der Waals surface area (Å²) in [5, 5.41) is 2.32. The zero-order valence-corrected chi connectivity index (χ0v) is 8.24. The fraction of sp³-hybridized carbons (Fsp3) is 0.889. The molecule has 2 nitrogen and oxygen atoms in total. The van der Waals surface area contributed by atoms with E-state index in [1.807, 2.05) is 0 Å². The van der Waals surface area contributed by atoms with Gasteiger partial charge in [-0.3, -0.25) is 4.79 Å². The highest BCUT2D eigenvalue weighted by atomic mass is 19.4. The first-order valence-electron chi connectivity index (χ1n) is 4.64. The highest BCUT2D eigenvalue weighted by Gasteiger charge is 2.48. The lowest BCUT2D eigenvalue weighted by Crippen LogP contribution is -2.51. The van der Waals surface area contributed by atoms with Crippen LogP contribution in [0.2, 0.25) is 0 Å². The Bertz CT molecular complexity index is 239. The van der Waals surface area contributed by atoms with Crippen LogP contribution in [-0.4, -0.2) is 18.6 Å². The monoisotopic (exact) mass is 209 g/mol. The van der Waals surface area contributed by atoms with Crippen LogP contribution >= 0.6 is 0 Å². The molecule has 0 aromatic carbocycles. The fourth-order valence-electron chi connectivity index (χ4n) is 1.67. The molecule has 14 heavy (non-hydrogen) atoms. The van der Waals surface area contributed by atoms with Crippen LogP contribution < -0.4 is 5.32 Å². The Morgan fingerprint density at radius 2 is 2.14 bits per heavy atom. The molecule has 1 aliphatic heterocycles. The van der Waals surface area contributed by atoms with Gasteiger partial charge in [-0.15, -0.1) is 0 Å². The number of piperidine rings is 1. The molecule has 1 amide bonds.